The van der Waals surface area contributed by atoms with Crippen LogP contribution in [-0.2, 0) is 6.42 Å². The van der Waals surface area contributed by atoms with Gasteiger partial charge in [-0.25, -0.2) is 10.4 Å². The van der Waals surface area contributed by atoms with Crippen LogP contribution in [0, 0.1) is 0 Å². The van der Waals surface area contributed by atoms with E-state index in [0.717, 1.165) is 13.0 Å². The molecule has 4 nitrogen and oxygen atoms in total. The number of benzene rings is 1. The highest BCUT2D eigenvalue weighted by molar-refractivity contribution is 5.58. The summed E-state index contributed by atoms with van der Waals surface area (Å²) < 4.78 is 0. The van der Waals surface area contributed by atoms with Crippen LogP contribution in [0.5, 0.6) is 0 Å². The molecule has 0 fully saturated rings. The van der Waals surface area contributed by atoms with E-state index in [9.17, 15) is 0 Å². The molecule has 2 rings (SSSR count). The lowest BCUT2D eigenvalue weighted by Crippen LogP contribution is -2.38. The summed E-state index contributed by atoms with van der Waals surface area (Å²) in [6, 6.07) is 6.86. The standard InChI is InChI=1S/C13H22N4/c1-16(2)15-12(9-14)10-4-5-13-11(8-10)6-7-17(13)3/h4-5,8,12,15H,6-7,9,14H2,1-3H3. The Morgan fingerprint density at radius 3 is 2.88 bits per heavy atom. The van der Waals surface area contributed by atoms with Crippen molar-refractivity contribution in [3.05, 3.63) is 29.3 Å². The van der Waals surface area contributed by atoms with Crippen LogP contribution in [-0.4, -0.2) is 39.2 Å². The maximum Gasteiger partial charge on any atom is 0.0586 e. The van der Waals surface area contributed by atoms with Gasteiger partial charge in [-0.15, -0.1) is 0 Å². The van der Waals surface area contributed by atoms with E-state index in [0.29, 0.717) is 6.54 Å². The van der Waals surface area contributed by atoms with Gasteiger partial charge in [0.05, 0.1) is 6.04 Å². The van der Waals surface area contributed by atoms with Crippen molar-refractivity contribution in [2.24, 2.45) is 5.73 Å². The van der Waals surface area contributed by atoms with E-state index >= 15 is 0 Å². The van der Waals surface area contributed by atoms with Crippen LogP contribution in [0.25, 0.3) is 0 Å². The Morgan fingerprint density at radius 1 is 1.47 bits per heavy atom. The summed E-state index contributed by atoms with van der Waals surface area (Å²) in [5.74, 6) is 0. The molecule has 1 aromatic rings. The molecule has 0 spiro atoms. The SMILES string of the molecule is CN(C)NC(CN)c1ccc2c(c1)CCN2C. The fourth-order valence-electron chi connectivity index (χ4n) is 2.38. The van der Waals surface area contributed by atoms with E-state index in [1.165, 1.54) is 16.8 Å². The van der Waals surface area contributed by atoms with Gasteiger partial charge in [-0.3, -0.25) is 0 Å². The van der Waals surface area contributed by atoms with Crippen molar-refractivity contribution in [3.8, 4) is 0 Å². The third-order valence-electron chi connectivity index (χ3n) is 3.28. The predicted molar refractivity (Wildman–Crippen MR) is 72.0 cm³/mol. The van der Waals surface area contributed by atoms with Crippen LogP contribution in [0.1, 0.15) is 17.2 Å². The molecular formula is C13H22N4. The van der Waals surface area contributed by atoms with Gasteiger partial charge in [0, 0.05) is 39.9 Å². The quantitative estimate of drug-likeness (QED) is 0.755. The molecule has 1 unspecified atom stereocenters. The van der Waals surface area contributed by atoms with Gasteiger partial charge in [-0.1, -0.05) is 12.1 Å². The summed E-state index contributed by atoms with van der Waals surface area (Å²) in [5, 5.41) is 1.96. The second-order valence-corrected chi connectivity index (χ2v) is 4.87. The monoisotopic (exact) mass is 234 g/mol. The molecule has 0 saturated heterocycles. The number of rotatable bonds is 4. The van der Waals surface area contributed by atoms with E-state index in [1.807, 2.05) is 19.1 Å². The zero-order chi connectivity index (χ0) is 12.4. The Balaban J connectivity index is 2.21. The Kier molecular flexibility index (Phi) is 3.66. The number of hydrogen-bond acceptors (Lipinski definition) is 4. The Labute approximate surface area is 103 Å². The van der Waals surface area contributed by atoms with Gasteiger partial charge in [-0.2, -0.15) is 0 Å². The number of nitrogens with zero attached hydrogens (tertiary/aromatic N) is 2. The molecule has 0 radical (unpaired) electrons. The number of fused-ring (bicyclic) bond motifs is 1. The van der Waals surface area contributed by atoms with Crippen LogP contribution in [0.3, 0.4) is 0 Å². The van der Waals surface area contributed by atoms with Crippen LogP contribution in [0.4, 0.5) is 5.69 Å². The fourth-order valence-corrected chi connectivity index (χ4v) is 2.38. The molecule has 0 bridgehead atoms. The van der Waals surface area contributed by atoms with Gasteiger partial charge in [-0.05, 0) is 23.6 Å². The third-order valence-corrected chi connectivity index (χ3v) is 3.28. The summed E-state index contributed by atoms with van der Waals surface area (Å²) in [6.07, 6.45) is 1.14. The molecule has 94 valence electrons. The van der Waals surface area contributed by atoms with E-state index in [1.54, 1.807) is 0 Å². The summed E-state index contributed by atoms with van der Waals surface area (Å²) in [7, 11) is 6.12. The molecule has 4 heteroatoms. The second kappa shape index (κ2) is 5.04. The highest BCUT2D eigenvalue weighted by atomic mass is 15.5. The maximum absolute atomic E-state index is 5.83. The molecule has 3 N–H and O–H groups in total. The lowest BCUT2D eigenvalue weighted by molar-refractivity contribution is 0.245. The minimum atomic E-state index is 0.196. The summed E-state index contributed by atoms with van der Waals surface area (Å²) in [5.41, 5.74) is 13.2. The lowest BCUT2D eigenvalue weighted by atomic mass is 10.0. The topological polar surface area (TPSA) is 44.5 Å². The van der Waals surface area contributed by atoms with Gasteiger partial charge >= 0.3 is 0 Å². The van der Waals surface area contributed by atoms with Crippen molar-refractivity contribution >= 4 is 5.69 Å². The number of hydrogen-bond donors (Lipinski definition) is 2. The number of nitrogens with one attached hydrogen (secondary N) is 1. The molecule has 17 heavy (non-hydrogen) atoms. The zero-order valence-electron chi connectivity index (χ0n) is 10.9. The first-order valence-electron chi connectivity index (χ1n) is 6.09. The van der Waals surface area contributed by atoms with Crippen molar-refractivity contribution in [2.75, 3.05) is 39.1 Å². The minimum Gasteiger partial charge on any atom is -0.374 e. The van der Waals surface area contributed by atoms with E-state index in [-0.39, 0.29) is 6.04 Å². The summed E-state index contributed by atoms with van der Waals surface area (Å²) in [4.78, 5) is 2.30. The van der Waals surface area contributed by atoms with Crippen LogP contribution in [0.15, 0.2) is 18.2 Å². The Bertz CT molecular complexity index is 389. The van der Waals surface area contributed by atoms with Crippen LogP contribution < -0.4 is 16.1 Å². The molecule has 1 aromatic carbocycles. The molecule has 1 aliphatic rings. The fraction of sp³-hybridized carbons (Fsp3) is 0.538. The van der Waals surface area contributed by atoms with E-state index < -0.39 is 0 Å². The number of likely N-dealkylation sites (N-methyl/N-ethyl adjacent to an activating group) is 1. The summed E-state index contributed by atoms with van der Waals surface area (Å²) in [6.45, 7) is 1.72. The van der Waals surface area contributed by atoms with Gasteiger partial charge in [0.15, 0.2) is 0 Å². The Hall–Kier alpha value is -1.10. The molecule has 1 atom stereocenters. The van der Waals surface area contributed by atoms with Gasteiger partial charge in [0.2, 0.25) is 0 Å². The molecule has 1 heterocycles. The first-order valence-corrected chi connectivity index (χ1v) is 6.09. The molecule has 1 aliphatic heterocycles. The summed E-state index contributed by atoms with van der Waals surface area (Å²) >= 11 is 0. The van der Waals surface area contributed by atoms with Crippen molar-refractivity contribution < 1.29 is 0 Å². The van der Waals surface area contributed by atoms with Gasteiger partial charge in [0.25, 0.3) is 0 Å². The highest BCUT2D eigenvalue weighted by Crippen LogP contribution is 2.29. The molecule has 0 aromatic heterocycles. The average molecular weight is 234 g/mol. The Morgan fingerprint density at radius 2 is 2.24 bits per heavy atom. The van der Waals surface area contributed by atoms with E-state index in [2.05, 4.69) is 35.6 Å². The zero-order valence-corrected chi connectivity index (χ0v) is 10.9. The lowest BCUT2D eigenvalue weighted by Gasteiger charge is -2.23. The third kappa shape index (κ3) is 2.60. The number of hydrazine groups is 1. The average Bonchev–Trinajstić information content (AvgIpc) is 2.67. The van der Waals surface area contributed by atoms with Crippen molar-refractivity contribution in [1.29, 1.82) is 0 Å². The molecular weight excluding hydrogens is 212 g/mol. The van der Waals surface area contributed by atoms with Crippen molar-refractivity contribution in [3.63, 3.8) is 0 Å². The minimum absolute atomic E-state index is 0.196. The van der Waals surface area contributed by atoms with Crippen molar-refractivity contribution in [2.45, 2.75) is 12.5 Å². The predicted octanol–water partition coefficient (Wildman–Crippen LogP) is 0.745. The molecule has 0 amide bonds. The largest absolute Gasteiger partial charge is 0.374 e. The van der Waals surface area contributed by atoms with Crippen LogP contribution in [0.2, 0.25) is 0 Å². The number of anilines is 1. The van der Waals surface area contributed by atoms with Crippen LogP contribution >= 0.6 is 0 Å². The first-order chi connectivity index (χ1) is 8.11. The second-order valence-electron chi connectivity index (χ2n) is 4.87. The molecule has 0 saturated carbocycles. The number of nitrogens with two attached hydrogens (primary N) is 1. The molecule has 0 aliphatic carbocycles. The van der Waals surface area contributed by atoms with Gasteiger partial charge in [0.1, 0.15) is 0 Å². The smallest absolute Gasteiger partial charge is 0.0586 e. The highest BCUT2D eigenvalue weighted by Gasteiger charge is 2.18. The first kappa shape index (κ1) is 12.4. The van der Waals surface area contributed by atoms with E-state index in [4.69, 9.17) is 5.73 Å². The maximum atomic E-state index is 5.83. The van der Waals surface area contributed by atoms with Gasteiger partial charge < -0.3 is 10.6 Å². The normalized spacial score (nSPS) is 16.4. The van der Waals surface area contributed by atoms with Crippen molar-refractivity contribution in [1.82, 2.24) is 10.4 Å².